The number of thiazole rings is 1. The Hall–Kier alpha value is -3.13. The van der Waals surface area contributed by atoms with E-state index in [2.05, 4.69) is 15.2 Å². The van der Waals surface area contributed by atoms with Gasteiger partial charge in [-0.2, -0.15) is 0 Å². The number of carbonyl (C=O) groups excluding carboxylic acids is 1. The molecule has 1 N–H and O–H groups in total. The van der Waals surface area contributed by atoms with Gasteiger partial charge in [0.05, 0.1) is 18.0 Å². The van der Waals surface area contributed by atoms with Crippen LogP contribution < -0.4 is 15.0 Å². The Morgan fingerprint density at radius 2 is 1.87 bits per heavy atom. The molecule has 1 saturated heterocycles. The number of amides is 2. The van der Waals surface area contributed by atoms with Crippen molar-refractivity contribution in [2.24, 2.45) is 0 Å². The summed E-state index contributed by atoms with van der Waals surface area (Å²) in [7, 11) is 0. The van der Waals surface area contributed by atoms with Crippen molar-refractivity contribution in [2.45, 2.75) is 6.92 Å². The van der Waals surface area contributed by atoms with E-state index in [0.29, 0.717) is 44.2 Å². The first-order chi connectivity index (χ1) is 14.6. The van der Waals surface area contributed by atoms with Gasteiger partial charge in [-0.3, -0.25) is 0 Å². The number of ether oxygens (including phenoxy) is 1. The number of piperazine rings is 1. The highest BCUT2D eigenvalue weighted by molar-refractivity contribution is 7.14. The van der Waals surface area contributed by atoms with Gasteiger partial charge in [-0.1, -0.05) is 12.1 Å². The Balaban J connectivity index is 1.35. The zero-order valence-corrected chi connectivity index (χ0v) is 17.5. The highest BCUT2D eigenvalue weighted by Gasteiger charge is 2.23. The summed E-state index contributed by atoms with van der Waals surface area (Å²) in [5, 5.41) is 5.84. The minimum Gasteiger partial charge on any atom is -0.492 e. The molecule has 0 bridgehead atoms. The van der Waals surface area contributed by atoms with Crippen LogP contribution in [0.5, 0.6) is 5.75 Å². The van der Waals surface area contributed by atoms with Crippen LogP contribution in [-0.4, -0.2) is 48.7 Å². The molecular formula is C22H23FN4O2S. The first kappa shape index (κ1) is 20.2. The smallest absolute Gasteiger partial charge is 0.322 e. The Labute approximate surface area is 178 Å². The second kappa shape index (κ2) is 9.13. The van der Waals surface area contributed by atoms with Crippen molar-refractivity contribution in [3.8, 4) is 17.0 Å². The van der Waals surface area contributed by atoms with Crippen LogP contribution in [0.1, 0.15) is 6.92 Å². The summed E-state index contributed by atoms with van der Waals surface area (Å²) in [5.41, 5.74) is 2.41. The lowest BCUT2D eigenvalue weighted by molar-refractivity contribution is 0.208. The van der Waals surface area contributed by atoms with E-state index in [-0.39, 0.29) is 11.8 Å². The molecule has 2 aromatic carbocycles. The van der Waals surface area contributed by atoms with Crippen molar-refractivity contribution < 1.29 is 13.9 Å². The topological polar surface area (TPSA) is 57.7 Å². The van der Waals surface area contributed by atoms with E-state index >= 15 is 0 Å². The average molecular weight is 427 g/mol. The molecule has 3 aromatic rings. The molecule has 1 aliphatic heterocycles. The summed E-state index contributed by atoms with van der Waals surface area (Å²) in [5.74, 6) is 0.413. The number of aromatic nitrogens is 1. The molecule has 30 heavy (non-hydrogen) atoms. The van der Waals surface area contributed by atoms with Crippen LogP contribution in [0.25, 0.3) is 11.3 Å². The molecule has 1 aliphatic rings. The summed E-state index contributed by atoms with van der Waals surface area (Å²) in [6, 6.07) is 13.7. The van der Waals surface area contributed by atoms with Crippen LogP contribution in [0.2, 0.25) is 0 Å². The molecule has 0 radical (unpaired) electrons. The predicted octanol–water partition coefficient (Wildman–Crippen LogP) is 4.70. The van der Waals surface area contributed by atoms with Gasteiger partial charge in [-0.25, -0.2) is 14.2 Å². The zero-order valence-electron chi connectivity index (χ0n) is 16.7. The number of carbonyl (C=O) groups is 1. The zero-order chi connectivity index (χ0) is 20.9. The van der Waals surface area contributed by atoms with Gasteiger partial charge < -0.3 is 19.9 Å². The third-order valence-electron chi connectivity index (χ3n) is 4.90. The summed E-state index contributed by atoms with van der Waals surface area (Å²) in [4.78, 5) is 21.3. The van der Waals surface area contributed by atoms with E-state index in [0.717, 1.165) is 16.4 Å². The maximum atomic E-state index is 13.1. The lowest BCUT2D eigenvalue weighted by Crippen LogP contribution is -2.50. The Kier molecular flexibility index (Phi) is 6.13. The van der Waals surface area contributed by atoms with E-state index in [4.69, 9.17) is 4.74 Å². The van der Waals surface area contributed by atoms with Gasteiger partial charge in [0, 0.05) is 37.1 Å². The molecule has 8 heteroatoms. The molecule has 0 aliphatic carbocycles. The van der Waals surface area contributed by atoms with Gasteiger partial charge in [0.2, 0.25) is 0 Å². The molecule has 1 aromatic heterocycles. The van der Waals surface area contributed by atoms with Gasteiger partial charge in [-0.15, -0.1) is 11.3 Å². The number of nitrogens with zero attached hydrogens (tertiary/aromatic N) is 3. The summed E-state index contributed by atoms with van der Waals surface area (Å²) in [6.07, 6.45) is 0. The SMILES string of the molecule is CCOc1ccccc1NC(=O)N1CCN(c2nc(-c3ccc(F)cc3)cs2)CC1. The number of anilines is 2. The van der Waals surface area contributed by atoms with Gasteiger partial charge in [0.25, 0.3) is 0 Å². The fraction of sp³-hybridized carbons (Fsp3) is 0.273. The number of halogens is 1. The van der Waals surface area contributed by atoms with Crippen LogP contribution in [0, 0.1) is 5.82 Å². The Bertz CT molecular complexity index is 1000. The lowest BCUT2D eigenvalue weighted by Gasteiger charge is -2.34. The lowest BCUT2D eigenvalue weighted by atomic mass is 10.2. The van der Waals surface area contributed by atoms with E-state index in [1.807, 2.05) is 36.6 Å². The maximum Gasteiger partial charge on any atom is 0.322 e. The summed E-state index contributed by atoms with van der Waals surface area (Å²) >= 11 is 1.56. The van der Waals surface area contributed by atoms with Crippen LogP contribution in [-0.2, 0) is 0 Å². The molecule has 0 spiro atoms. The van der Waals surface area contributed by atoms with Crippen molar-refractivity contribution in [3.63, 3.8) is 0 Å². The highest BCUT2D eigenvalue weighted by atomic mass is 32.1. The van der Waals surface area contributed by atoms with Crippen molar-refractivity contribution in [1.29, 1.82) is 0 Å². The normalized spacial score (nSPS) is 13.9. The molecule has 4 rings (SSSR count). The fourth-order valence-electron chi connectivity index (χ4n) is 3.31. The second-order valence-corrected chi connectivity index (χ2v) is 7.69. The molecule has 2 heterocycles. The number of rotatable bonds is 5. The third kappa shape index (κ3) is 4.54. The van der Waals surface area contributed by atoms with Gasteiger partial charge in [0.1, 0.15) is 11.6 Å². The Morgan fingerprint density at radius 3 is 2.60 bits per heavy atom. The van der Waals surface area contributed by atoms with Crippen molar-refractivity contribution in [1.82, 2.24) is 9.88 Å². The predicted molar refractivity (Wildman–Crippen MR) is 118 cm³/mol. The number of hydrogen-bond donors (Lipinski definition) is 1. The molecule has 6 nitrogen and oxygen atoms in total. The monoisotopic (exact) mass is 426 g/mol. The van der Waals surface area contributed by atoms with E-state index in [1.54, 1.807) is 28.4 Å². The van der Waals surface area contributed by atoms with Gasteiger partial charge in [-0.05, 0) is 43.3 Å². The number of para-hydroxylation sites is 2. The van der Waals surface area contributed by atoms with E-state index in [1.165, 1.54) is 12.1 Å². The number of benzene rings is 2. The first-order valence-corrected chi connectivity index (χ1v) is 10.8. The van der Waals surface area contributed by atoms with Gasteiger partial charge >= 0.3 is 6.03 Å². The molecule has 0 saturated carbocycles. The van der Waals surface area contributed by atoms with E-state index in [9.17, 15) is 9.18 Å². The van der Waals surface area contributed by atoms with Crippen molar-refractivity contribution >= 4 is 28.2 Å². The quantitative estimate of drug-likeness (QED) is 0.642. The van der Waals surface area contributed by atoms with Gasteiger partial charge in [0.15, 0.2) is 5.13 Å². The summed E-state index contributed by atoms with van der Waals surface area (Å²) < 4.78 is 18.7. The number of hydrogen-bond acceptors (Lipinski definition) is 5. The first-order valence-electron chi connectivity index (χ1n) is 9.88. The van der Waals surface area contributed by atoms with Crippen LogP contribution in [0.4, 0.5) is 20.0 Å². The molecular weight excluding hydrogens is 403 g/mol. The average Bonchev–Trinajstić information content (AvgIpc) is 3.26. The molecule has 156 valence electrons. The highest BCUT2D eigenvalue weighted by Crippen LogP contribution is 2.29. The largest absolute Gasteiger partial charge is 0.492 e. The fourth-order valence-corrected chi connectivity index (χ4v) is 4.20. The Morgan fingerprint density at radius 1 is 1.13 bits per heavy atom. The third-order valence-corrected chi connectivity index (χ3v) is 5.80. The van der Waals surface area contributed by atoms with Crippen LogP contribution in [0.3, 0.4) is 0 Å². The van der Waals surface area contributed by atoms with E-state index < -0.39 is 0 Å². The number of urea groups is 1. The summed E-state index contributed by atoms with van der Waals surface area (Å²) in [6.45, 7) is 5.08. The second-order valence-electron chi connectivity index (χ2n) is 6.86. The number of nitrogens with one attached hydrogen (secondary N) is 1. The minimum absolute atomic E-state index is 0.132. The van der Waals surface area contributed by atoms with Crippen molar-refractivity contribution in [3.05, 3.63) is 59.7 Å². The molecule has 2 amide bonds. The molecule has 1 fully saturated rings. The standard InChI is InChI=1S/C22H23FN4O2S/c1-2-29-20-6-4-3-5-18(20)24-21(28)26-11-13-27(14-12-26)22-25-19(15-30-22)16-7-9-17(23)10-8-16/h3-10,15H,2,11-14H2,1H3,(H,24,28). The minimum atomic E-state index is -0.257. The molecule has 0 unspecified atom stereocenters. The maximum absolute atomic E-state index is 13.1. The van der Waals surface area contributed by atoms with Crippen LogP contribution >= 0.6 is 11.3 Å². The molecule has 0 atom stereocenters. The van der Waals surface area contributed by atoms with Crippen molar-refractivity contribution in [2.75, 3.05) is 43.0 Å². The van der Waals surface area contributed by atoms with Crippen LogP contribution in [0.15, 0.2) is 53.9 Å².